The second-order valence-corrected chi connectivity index (χ2v) is 3.39. The van der Waals surface area contributed by atoms with Gasteiger partial charge in [-0.2, -0.15) is 0 Å². The molecule has 1 saturated heterocycles. The van der Waals surface area contributed by atoms with Crippen molar-refractivity contribution in [3.63, 3.8) is 0 Å². The average molecular weight is 160 g/mol. The van der Waals surface area contributed by atoms with Crippen molar-refractivity contribution in [1.82, 2.24) is 0 Å². The maximum absolute atomic E-state index is 9.46. The lowest BCUT2D eigenvalue weighted by atomic mass is 9.89. The molecule has 1 rings (SSSR count). The zero-order chi connectivity index (χ0) is 8.59. The maximum atomic E-state index is 9.46. The van der Waals surface area contributed by atoms with Crippen molar-refractivity contribution in [1.29, 1.82) is 0 Å². The van der Waals surface area contributed by atoms with Crippen LogP contribution in [0, 0.1) is 5.92 Å². The molecule has 1 heterocycles. The van der Waals surface area contributed by atoms with E-state index in [0.717, 1.165) is 0 Å². The van der Waals surface area contributed by atoms with Gasteiger partial charge < -0.3 is 14.9 Å². The van der Waals surface area contributed by atoms with Crippen LogP contribution in [0.1, 0.15) is 20.8 Å². The monoisotopic (exact) mass is 160 g/mol. The number of ether oxygens (including phenoxy) is 1. The molecule has 0 aliphatic carbocycles. The largest absolute Gasteiger partial charge is 0.390 e. The molecular weight excluding hydrogens is 144 g/mol. The Morgan fingerprint density at radius 1 is 0.909 bits per heavy atom. The molecule has 2 unspecified atom stereocenters. The van der Waals surface area contributed by atoms with Crippen LogP contribution < -0.4 is 0 Å². The van der Waals surface area contributed by atoms with Gasteiger partial charge in [-0.1, -0.05) is 6.92 Å². The van der Waals surface area contributed by atoms with Crippen molar-refractivity contribution in [3.05, 3.63) is 0 Å². The number of hydrogen-bond acceptors (Lipinski definition) is 3. The van der Waals surface area contributed by atoms with Gasteiger partial charge in [0, 0.05) is 5.92 Å². The second-order valence-electron chi connectivity index (χ2n) is 3.39. The van der Waals surface area contributed by atoms with Gasteiger partial charge in [0.1, 0.15) is 6.10 Å². The van der Waals surface area contributed by atoms with Gasteiger partial charge in [0.2, 0.25) is 0 Å². The van der Waals surface area contributed by atoms with E-state index < -0.39 is 12.2 Å². The fraction of sp³-hybridized carbons (Fsp3) is 1.00. The Labute approximate surface area is 67.0 Å². The summed E-state index contributed by atoms with van der Waals surface area (Å²) < 4.78 is 5.37. The Bertz CT molecular complexity index is 123. The smallest absolute Gasteiger partial charge is 0.106 e. The van der Waals surface area contributed by atoms with Gasteiger partial charge in [0.05, 0.1) is 18.3 Å². The SMILES string of the molecule is CC1OC(C)[C@@H](O)[C@@H](O)[C@@H]1C. The molecule has 0 radical (unpaired) electrons. The molecule has 0 saturated carbocycles. The van der Waals surface area contributed by atoms with Gasteiger partial charge in [0.25, 0.3) is 0 Å². The van der Waals surface area contributed by atoms with Crippen molar-refractivity contribution in [3.8, 4) is 0 Å². The Kier molecular flexibility index (Phi) is 2.52. The lowest BCUT2D eigenvalue weighted by Gasteiger charge is -2.38. The number of aliphatic hydroxyl groups excluding tert-OH is 2. The molecule has 1 fully saturated rings. The first kappa shape index (κ1) is 8.97. The number of rotatable bonds is 0. The van der Waals surface area contributed by atoms with Crippen LogP contribution in [-0.2, 0) is 4.74 Å². The third-order valence-corrected chi connectivity index (χ3v) is 2.54. The zero-order valence-corrected chi connectivity index (χ0v) is 7.19. The molecule has 0 amide bonds. The first-order chi connectivity index (χ1) is 5.04. The van der Waals surface area contributed by atoms with Crippen LogP contribution >= 0.6 is 0 Å². The van der Waals surface area contributed by atoms with E-state index in [1.54, 1.807) is 6.92 Å². The third-order valence-electron chi connectivity index (χ3n) is 2.54. The second kappa shape index (κ2) is 3.09. The summed E-state index contributed by atoms with van der Waals surface area (Å²) in [6, 6.07) is 0. The molecule has 3 heteroatoms. The predicted molar refractivity (Wildman–Crippen MR) is 41.2 cm³/mol. The van der Waals surface area contributed by atoms with Crippen molar-refractivity contribution in [2.24, 2.45) is 5.92 Å². The molecule has 0 spiro atoms. The Balaban J connectivity index is 2.63. The molecule has 3 nitrogen and oxygen atoms in total. The summed E-state index contributed by atoms with van der Waals surface area (Å²) >= 11 is 0. The standard InChI is InChI=1S/C8H16O3/c1-4-5(2)11-6(3)8(10)7(4)9/h4-10H,1-3H3/t4-,5?,6?,7+,8-/m1/s1. The number of aliphatic hydroxyl groups is 2. The summed E-state index contributed by atoms with van der Waals surface area (Å²) in [5.74, 6) is 0.0150. The molecule has 0 aromatic carbocycles. The molecule has 0 aromatic heterocycles. The summed E-state index contributed by atoms with van der Waals surface area (Å²) in [5, 5.41) is 18.8. The van der Waals surface area contributed by atoms with E-state index in [2.05, 4.69) is 0 Å². The molecule has 0 bridgehead atoms. The van der Waals surface area contributed by atoms with Crippen LogP contribution in [0.15, 0.2) is 0 Å². The first-order valence-corrected chi connectivity index (χ1v) is 4.05. The molecular formula is C8H16O3. The fourth-order valence-electron chi connectivity index (χ4n) is 1.41. The molecule has 0 aromatic rings. The first-order valence-electron chi connectivity index (χ1n) is 4.05. The van der Waals surface area contributed by atoms with Crippen molar-refractivity contribution >= 4 is 0 Å². The zero-order valence-electron chi connectivity index (χ0n) is 7.19. The summed E-state index contributed by atoms with van der Waals surface area (Å²) in [5.41, 5.74) is 0. The van der Waals surface area contributed by atoms with Gasteiger partial charge in [0.15, 0.2) is 0 Å². The lowest BCUT2D eigenvalue weighted by molar-refractivity contribution is -0.184. The molecule has 1 aliphatic heterocycles. The summed E-state index contributed by atoms with van der Waals surface area (Å²) in [7, 11) is 0. The van der Waals surface area contributed by atoms with E-state index >= 15 is 0 Å². The minimum absolute atomic E-state index is 0.0150. The van der Waals surface area contributed by atoms with Gasteiger partial charge in [-0.3, -0.25) is 0 Å². The number of hydrogen-bond donors (Lipinski definition) is 2. The minimum atomic E-state index is -0.735. The van der Waals surface area contributed by atoms with E-state index in [-0.39, 0.29) is 18.1 Å². The minimum Gasteiger partial charge on any atom is -0.390 e. The molecule has 2 N–H and O–H groups in total. The third kappa shape index (κ3) is 1.55. The van der Waals surface area contributed by atoms with E-state index in [0.29, 0.717) is 0 Å². The molecule has 5 atom stereocenters. The van der Waals surface area contributed by atoms with Crippen molar-refractivity contribution in [2.75, 3.05) is 0 Å². The van der Waals surface area contributed by atoms with Crippen molar-refractivity contribution in [2.45, 2.75) is 45.2 Å². The molecule has 66 valence electrons. The highest BCUT2D eigenvalue weighted by Gasteiger charge is 2.37. The maximum Gasteiger partial charge on any atom is 0.106 e. The van der Waals surface area contributed by atoms with E-state index in [1.165, 1.54) is 0 Å². The van der Waals surface area contributed by atoms with E-state index in [4.69, 9.17) is 4.74 Å². The highest BCUT2D eigenvalue weighted by atomic mass is 16.5. The normalized spacial score (nSPS) is 52.6. The Morgan fingerprint density at radius 3 is 2.00 bits per heavy atom. The van der Waals surface area contributed by atoms with E-state index in [9.17, 15) is 10.2 Å². The van der Waals surface area contributed by atoms with Gasteiger partial charge >= 0.3 is 0 Å². The van der Waals surface area contributed by atoms with Crippen LogP contribution in [0.4, 0.5) is 0 Å². The topological polar surface area (TPSA) is 49.7 Å². The van der Waals surface area contributed by atoms with Gasteiger partial charge in [-0.25, -0.2) is 0 Å². The molecule has 11 heavy (non-hydrogen) atoms. The van der Waals surface area contributed by atoms with Crippen LogP contribution in [0.5, 0.6) is 0 Å². The lowest BCUT2D eigenvalue weighted by Crippen LogP contribution is -2.51. The highest BCUT2D eigenvalue weighted by molar-refractivity contribution is 4.86. The summed E-state index contributed by atoms with van der Waals surface area (Å²) in [6.07, 6.45) is -1.60. The van der Waals surface area contributed by atoms with Gasteiger partial charge in [-0.15, -0.1) is 0 Å². The van der Waals surface area contributed by atoms with Crippen molar-refractivity contribution < 1.29 is 14.9 Å². The summed E-state index contributed by atoms with van der Waals surface area (Å²) in [4.78, 5) is 0. The van der Waals surface area contributed by atoms with Crippen LogP contribution in [0.2, 0.25) is 0 Å². The van der Waals surface area contributed by atoms with Crippen LogP contribution in [-0.4, -0.2) is 34.6 Å². The predicted octanol–water partition coefficient (Wildman–Crippen LogP) is 0.151. The highest BCUT2D eigenvalue weighted by Crippen LogP contribution is 2.24. The quantitative estimate of drug-likeness (QED) is 0.530. The van der Waals surface area contributed by atoms with Gasteiger partial charge in [-0.05, 0) is 13.8 Å². The van der Waals surface area contributed by atoms with Crippen LogP contribution in [0.25, 0.3) is 0 Å². The Morgan fingerprint density at radius 2 is 1.45 bits per heavy atom. The van der Waals surface area contributed by atoms with E-state index in [1.807, 2.05) is 13.8 Å². The molecule has 1 aliphatic rings. The average Bonchev–Trinajstić information content (AvgIpc) is 1.97. The fourth-order valence-corrected chi connectivity index (χ4v) is 1.41. The van der Waals surface area contributed by atoms with Crippen LogP contribution in [0.3, 0.4) is 0 Å². The Hall–Kier alpha value is -0.120. The summed E-state index contributed by atoms with van der Waals surface area (Å²) in [6.45, 7) is 5.57.